The topological polar surface area (TPSA) is 66.3 Å². The molecule has 0 bridgehead atoms. The minimum absolute atomic E-state index is 0.173. The van der Waals surface area contributed by atoms with Crippen LogP contribution < -0.4 is 20.6 Å². The molecule has 1 atom stereocenters. The van der Waals surface area contributed by atoms with Gasteiger partial charge in [0.15, 0.2) is 11.3 Å². The Bertz CT molecular complexity index is 1340. The Morgan fingerprint density at radius 1 is 1.06 bits per heavy atom. The standard InChI is InChI=1S/C25H22N4O2S/c1-16-14-18(12-13-21(16)31-2)23-26-20-11-7-6-10-19(20)22-24(30)27-25(28-29(22)23)32-15-17-8-4-3-5-9-17/h3-14,23H,15H2,1-2H3,(H,27,28,30). The minimum Gasteiger partial charge on any atom is -0.496 e. The summed E-state index contributed by atoms with van der Waals surface area (Å²) in [4.78, 5) is 18.2. The van der Waals surface area contributed by atoms with Gasteiger partial charge in [-0.3, -0.25) is 15.1 Å². The van der Waals surface area contributed by atoms with Crippen LogP contribution in [0.1, 0.15) is 22.9 Å². The average molecular weight is 443 g/mol. The zero-order chi connectivity index (χ0) is 22.1. The molecule has 7 heteroatoms. The highest BCUT2D eigenvalue weighted by Gasteiger charge is 2.34. The number of carbonyl (C=O) groups excluding carboxylic acids is 1. The van der Waals surface area contributed by atoms with Gasteiger partial charge in [0, 0.05) is 11.0 Å². The van der Waals surface area contributed by atoms with Crippen LogP contribution in [0.4, 0.5) is 0 Å². The van der Waals surface area contributed by atoms with E-state index in [0.29, 0.717) is 16.6 Å². The third-order valence-electron chi connectivity index (χ3n) is 5.45. The highest BCUT2D eigenvalue weighted by Crippen LogP contribution is 2.33. The summed E-state index contributed by atoms with van der Waals surface area (Å²) in [7, 11) is 1.66. The third kappa shape index (κ3) is 3.76. The van der Waals surface area contributed by atoms with E-state index in [1.54, 1.807) is 12.1 Å². The van der Waals surface area contributed by atoms with Crippen molar-refractivity contribution in [3.8, 4) is 5.75 Å². The predicted molar refractivity (Wildman–Crippen MR) is 126 cm³/mol. The van der Waals surface area contributed by atoms with Crippen molar-refractivity contribution in [1.82, 2.24) is 10.3 Å². The molecule has 0 fully saturated rings. The summed E-state index contributed by atoms with van der Waals surface area (Å²) in [6.45, 7) is 2.00. The first-order chi connectivity index (χ1) is 15.6. The third-order valence-corrected chi connectivity index (χ3v) is 6.39. The number of rotatable bonds is 4. The number of nitrogens with one attached hydrogen (secondary N) is 1. The van der Waals surface area contributed by atoms with Crippen molar-refractivity contribution in [2.75, 3.05) is 7.11 Å². The second kappa shape index (κ2) is 8.51. The van der Waals surface area contributed by atoms with E-state index in [4.69, 9.17) is 14.8 Å². The van der Waals surface area contributed by atoms with Gasteiger partial charge < -0.3 is 4.74 Å². The van der Waals surface area contributed by atoms with Crippen LogP contribution in [0, 0.1) is 6.92 Å². The molecule has 2 heterocycles. The number of para-hydroxylation sites is 1. The lowest BCUT2D eigenvalue weighted by atomic mass is 10.1. The minimum atomic E-state index is -0.442. The van der Waals surface area contributed by atoms with Gasteiger partial charge in [0.1, 0.15) is 11.4 Å². The summed E-state index contributed by atoms with van der Waals surface area (Å²) in [6, 6.07) is 23.7. The Morgan fingerprint density at radius 2 is 1.84 bits per heavy atom. The fraction of sp³-hybridized carbons (Fsp3) is 0.160. The maximum atomic E-state index is 13.2. The van der Waals surface area contributed by atoms with E-state index in [1.165, 1.54) is 17.3 Å². The first kappa shape index (κ1) is 20.3. The molecule has 0 spiro atoms. The monoisotopic (exact) mass is 442 g/mol. The van der Waals surface area contributed by atoms with E-state index in [2.05, 4.69) is 17.4 Å². The van der Waals surface area contributed by atoms with Gasteiger partial charge in [0.25, 0.3) is 5.91 Å². The molecule has 1 N–H and O–H groups in total. The SMILES string of the molecule is COc1ccc(C2N=c3ccccc3=C3C(=O)NC(SCc4ccccc4)=NN32)cc1C. The lowest BCUT2D eigenvalue weighted by Gasteiger charge is -2.34. The van der Waals surface area contributed by atoms with E-state index in [0.717, 1.165) is 27.5 Å². The zero-order valence-electron chi connectivity index (χ0n) is 17.8. The number of thioether (sulfide) groups is 1. The molecule has 0 radical (unpaired) electrons. The number of hydrazone groups is 1. The lowest BCUT2D eigenvalue weighted by Crippen LogP contribution is -2.50. The van der Waals surface area contributed by atoms with Crippen LogP contribution in [0.3, 0.4) is 0 Å². The van der Waals surface area contributed by atoms with Gasteiger partial charge in [0.2, 0.25) is 0 Å². The molecule has 0 aromatic heterocycles. The fourth-order valence-electron chi connectivity index (χ4n) is 3.90. The first-order valence-corrected chi connectivity index (χ1v) is 11.3. The van der Waals surface area contributed by atoms with Crippen LogP contribution in [0.2, 0.25) is 0 Å². The van der Waals surface area contributed by atoms with Gasteiger partial charge in [-0.15, -0.1) is 5.10 Å². The largest absolute Gasteiger partial charge is 0.496 e. The van der Waals surface area contributed by atoms with Gasteiger partial charge in [-0.1, -0.05) is 66.4 Å². The van der Waals surface area contributed by atoms with Gasteiger partial charge in [0.05, 0.1) is 12.5 Å². The number of benzene rings is 3. The highest BCUT2D eigenvalue weighted by atomic mass is 32.2. The lowest BCUT2D eigenvalue weighted by molar-refractivity contribution is -0.116. The number of aryl methyl sites for hydroxylation is 1. The van der Waals surface area contributed by atoms with E-state index in [1.807, 2.05) is 67.6 Å². The van der Waals surface area contributed by atoms with Crippen molar-refractivity contribution < 1.29 is 9.53 Å². The van der Waals surface area contributed by atoms with Crippen LogP contribution in [0.25, 0.3) is 5.70 Å². The van der Waals surface area contributed by atoms with Crippen molar-refractivity contribution in [2.45, 2.75) is 18.8 Å². The predicted octanol–water partition coefficient (Wildman–Crippen LogP) is 3.08. The van der Waals surface area contributed by atoms with Crippen molar-refractivity contribution in [1.29, 1.82) is 0 Å². The molecule has 5 rings (SSSR count). The van der Waals surface area contributed by atoms with Gasteiger partial charge >= 0.3 is 0 Å². The Labute approximate surface area is 190 Å². The van der Waals surface area contributed by atoms with E-state index in [-0.39, 0.29) is 5.91 Å². The molecule has 2 aliphatic heterocycles. The highest BCUT2D eigenvalue weighted by molar-refractivity contribution is 8.13. The molecule has 1 amide bonds. The second-order valence-electron chi connectivity index (χ2n) is 7.58. The Hall–Kier alpha value is -3.58. The number of methoxy groups -OCH3 is 1. The second-order valence-corrected chi connectivity index (χ2v) is 8.54. The van der Waals surface area contributed by atoms with Gasteiger partial charge in [-0.2, -0.15) is 0 Å². The number of hydrogen-bond donors (Lipinski definition) is 1. The average Bonchev–Trinajstić information content (AvgIpc) is 2.82. The number of nitrogens with zero attached hydrogens (tertiary/aromatic N) is 3. The van der Waals surface area contributed by atoms with Crippen LogP contribution in [-0.2, 0) is 10.5 Å². The molecule has 0 saturated heterocycles. The van der Waals surface area contributed by atoms with Crippen molar-refractivity contribution in [3.05, 3.63) is 100 Å². The molecule has 32 heavy (non-hydrogen) atoms. The fourth-order valence-corrected chi connectivity index (χ4v) is 4.70. The van der Waals surface area contributed by atoms with Crippen LogP contribution >= 0.6 is 11.8 Å². The number of carbonyl (C=O) groups is 1. The molecule has 3 aromatic rings. The van der Waals surface area contributed by atoms with Crippen LogP contribution in [0.5, 0.6) is 5.75 Å². The first-order valence-electron chi connectivity index (χ1n) is 10.3. The van der Waals surface area contributed by atoms with E-state index in [9.17, 15) is 4.79 Å². The summed E-state index contributed by atoms with van der Waals surface area (Å²) >= 11 is 1.50. The summed E-state index contributed by atoms with van der Waals surface area (Å²) in [6.07, 6.45) is -0.442. The number of hydrogen-bond acceptors (Lipinski definition) is 6. The van der Waals surface area contributed by atoms with Crippen molar-refractivity contribution in [3.63, 3.8) is 0 Å². The number of amidine groups is 1. The Morgan fingerprint density at radius 3 is 2.62 bits per heavy atom. The summed E-state index contributed by atoms with van der Waals surface area (Å²) in [5.74, 6) is 1.35. The smallest absolute Gasteiger partial charge is 0.276 e. The number of amides is 1. The maximum Gasteiger partial charge on any atom is 0.276 e. The molecular formula is C25H22N4O2S. The van der Waals surface area contributed by atoms with E-state index < -0.39 is 6.17 Å². The molecule has 1 unspecified atom stereocenters. The van der Waals surface area contributed by atoms with E-state index >= 15 is 0 Å². The summed E-state index contributed by atoms with van der Waals surface area (Å²) in [5.41, 5.74) is 3.63. The molecule has 6 nitrogen and oxygen atoms in total. The van der Waals surface area contributed by atoms with Crippen LogP contribution in [0.15, 0.2) is 82.9 Å². The van der Waals surface area contributed by atoms with Crippen LogP contribution in [-0.4, -0.2) is 23.2 Å². The molecule has 0 aliphatic carbocycles. The van der Waals surface area contributed by atoms with Gasteiger partial charge in [-0.05, 0) is 41.8 Å². The quantitative estimate of drug-likeness (QED) is 0.674. The maximum absolute atomic E-state index is 13.2. The van der Waals surface area contributed by atoms with Gasteiger partial charge in [-0.25, -0.2) is 5.01 Å². The molecule has 2 aliphatic rings. The molecular weight excluding hydrogens is 420 g/mol. The number of fused-ring (bicyclic) bond motifs is 2. The zero-order valence-corrected chi connectivity index (χ0v) is 18.6. The summed E-state index contributed by atoms with van der Waals surface area (Å²) < 4.78 is 5.41. The Kier molecular flexibility index (Phi) is 5.41. The molecule has 160 valence electrons. The Balaban J connectivity index is 1.58. The van der Waals surface area contributed by atoms with Crippen molar-refractivity contribution >= 4 is 28.5 Å². The molecule has 0 saturated carbocycles. The normalized spacial score (nSPS) is 17.0. The summed E-state index contributed by atoms with van der Waals surface area (Å²) in [5, 5.41) is 11.6. The number of ether oxygens (including phenoxy) is 1. The van der Waals surface area contributed by atoms with Crippen molar-refractivity contribution in [2.24, 2.45) is 10.1 Å². The molecule has 3 aromatic carbocycles.